The second kappa shape index (κ2) is 3.73. The molecular formula is C7H15N3O2. The van der Waals surface area contributed by atoms with E-state index in [0.29, 0.717) is 6.54 Å². The molecule has 0 aromatic rings. The predicted octanol–water partition coefficient (Wildman–Crippen LogP) is -0.812. The van der Waals surface area contributed by atoms with Crippen molar-refractivity contribution in [2.75, 3.05) is 13.1 Å². The molecule has 70 valence electrons. The first kappa shape index (κ1) is 9.28. The molecule has 0 bridgehead atoms. The van der Waals surface area contributed by atoms with Gasteiger partial charge in [0.15, 0.2) is 5.84 Å². The molecule has 12 heavy (non-hydrogen) atoms. The SMILES string of the molecule is CC(C(N)=NO)N1CCC(O)C1. The van der Waals surface area contributed by atoms with E-state index >= 15 is 0 Å². The normalized spacial score (nSPS) is 29.2. The van der Waals surface area contributed by atoms with Gasteiger partial charge in [0.25, 0.3) is 0 Å². The standard InChI is InChI=1S/C7H15N3O2/c1-5(7(8)9-12)10-3-2-6(11)4-10/h5-6,11-12H,2-4H2,1H3,(H2,8,9). The van der Waals surface area contributed by atoms with Gasteiger partial charge < -0.3 is 16.0 Å². The third-order valence-corrected chi connectivity index (χ3v) is 2.29. The first-order chi connectivity index (χ1) is 5.65. The molecule has 1 rings (SSSR count). The van der Waals surface area contributed by atoms with E-state index in [1.54, 1.807) is 0 Å². The largest absolute Gasteiger partial charge is 0.409 e. The Hall–Kier alpha value is -0.810. The summed E-state index contributed by atoms with van der Waals surface area (Å²) in [5, 5.41) is 20.6. The number of oxime groups is 1. The quantitative estimate of drug-likeness (QED) is 0.221. The van der Waals surface area contributed by atoms with E-state index in [9.17, 15) is 5.11 Å². The van der Waals surface area contributed by atoms with Gasteiger partial charge in [0.1, 0.15) is 0 Å². The molecule has 1 aliphatic rings. The molecule has 0 aromatic heterocycles. The van der Waals surface area contributed by atoms with E-state index in [1.165, 1.54) is 0 Å². The zero-order valence-electron chi connectivity index (χ0n) is 7.14. The summed E-state index contributed by atoms with van der Waals surface area (Å²) in [5.41, 5.74) is 5.42. The van der Waals surface area contributed by atoms with Crippen molar-refractivity contribution >= 4 is 5.84 Å². The molecule has 0 aliphatic carbocycles. The number of β-amino-alcohol motifs (C(OH)–C–C–N with tert-alkyl or cyclic N) is 1. The van der Waals surface area contributed by atoms with Crippen molar-refractivity contribution in [2.45, 2.75) is 25.5 Å². The van der Waals surface area contributed by atoms with Crippen molar-refractivity contribution in [3.05, 3.63) is 0 Å². The number of aliphatic hydroxyl groups excluding tert-OH is 1. The van der Waals surface area contributed by atoms with Crippen LogP contribution in [0.15, 0.2) is 5.16 Å². The smallest absolute Gasteiger partial charge is 0.156 e. The lowest BCUT2D eigenvalue weighted by molar-refractivity contribution is 0.172. The minimum absolute atomic E-state index is 0.0906. The molecular weight excluding hydrogens is 158 g/mol. The molecule has 0 spiro atoms. The van der Waals surface area contributed by atoms with Crippen LogP contribution in [0.4, 0.5) is 0 Å². The average Bonchev–Trinajstić information content (AvgIpc) is 2.49. The van der Waals surface area contributed by atoms with Gasteiger partial charge in [0.05, 0.1) is 12.1 Å². The summed E-state index contributed by atoms with van der Waals surface area (Å²) in [6, 6.07) is -0.0906. The highest BCUT2D eigenvalue weighted by atomic mass is 16.4. The molecule has 1 fully saturated rings. The van der Waals surface area contributed by atoms with Gasteiger partial charge >= 0.3 is 0 Å². The molecule has 5 heteroatoms. The first-order valence-corrected chi connectivity index (χ1v) is 4.04. The fourth-order valence-corrected chi connectivity index (χ4v) is 1.39. The van der Waals surface area contributed by atoms with Crippen LogP contribution in [0.25, 0.3) is 0 Å². The van der Waals surface area contributed by atoms with Gasteiger partial charge in [-0.15, -0.1) is 0 Å². The molecule has 1 aliphatic heterocycles. The van der Waals surface area contributed by atoms with E-state index in [4.69, 9.17) is 10.9 Å². The summed E-state index contributed by atoms with van der Waals surface area (Å²) in [7, 11) is 0. The Labute approximate surface area is 71.5 Å². The number of rotatable bonds is 2. The van der Waals surface area contributed by atoms with Crippen LogP contribution in [-0.4, -0.2) is 46.3 Å². The fourth-order valence-electron chi connectivity index (χ4n) is 1.39. The van der Waals surface area contributed by atoms with Crippen LogP contribution in [0, 0.1) is 0 Å². The second-order valence-electron chi connectivity index (χ2n) is 3.14. The van der Waals surface area contributed by atoms with Gasteiger partial charge in [-0.05, 0) is 13.3 Å². The monoisotopic (exact) mass is 173 g/mol. The number of likely N-dealkylation sites (tertiary alicyclic amines) is 1. The molecule has 0 saturated carbocycles. The molecule has 2 atom stereocenters. The molecule has 0 amide bonds. The van der Waals surface area contributed by atoms with Crippen LogP contribution in [0.5, 0.6) is 0 Å². The fraction of sp³-hybridized carbons (Fsp3) is 0.857. The third kappa shape index (κ3) is 1.86. The minimum atomic E-state index is -0.265. The molecule has 4 N–H and O–H groups in total. The Morgan fingerprint density at radius 3 is 2.83 bits per heavy atom. The molecule has 0 radical (unpaired) electrons. The van der Waals surface area contributed by atoms with E-state index in [1.807, 2.05) is 11.8 Å². The number of aliphatic hydroxyl groups is 1. The first-order valence-electron chi connectivity index (χ1n) is 4.04. The number of hydrogen-bond donors (Lipinski definition) is 3. The topological polar surface area (TPSA) is 82.1 Å². The van der Waals surface area contributed by atoms with Crippen molar-refractivity contribution in [1.82, 2.24) is 4.90 Å². The lowest BCUT2D eigenvalue weighted by atomic mass is 10.3. The highest BCUT2D eigenvalue weighted by Crippen LogP contribution is 2.12. The Morgan fingerprint density at radius 1 is 1.75 bits per heavy atom. The van der Waals surface area contributed by atoms with Gasteiger partial charge in [-0.3, -0.25) is 4.90 Å². The van der Waals surface area contributed by atoms with Gasteiger partial charge in [-0.2, -0.15) is 0 Å². The number of hydrogen-bond acceptors (Lipinski definition) is 4. The Kier molecular flexibility index (Phi) is 2.88. The Morgan fingerprint density at radius 2 is 2.42 bits per heavy atom. The van der Waals surface area contributed by atoms with Crippen molar-refractivity contribution in [1.29, 1.82) is 0 Å². The van der Waals surface area contributed by atoms with Crippen LogP contribution in [0.2, 0.25) is 0 Å². The summed E-state index contributed by atoms with van der Waals surface area (Å²) in [6.45, 7) is 3.27. The zero-order valence-corrected chi connectivity index (χ0v) is 7.14. The Bertz CT molecular complexity index is 183. The second-order valence-corrected chi connectivity index (χ2v) is 3.14. The molecule has 2 unspecified atom stereocenters. The van der Waals surface area contributed by atoms with Crippen molar-refractivity contribution < 1.29 is 10.3 Å². The summed E-state index contributed by atoms with van der Waals surface area (Å²) >= 11 is 0. The number of amidine groups is 1. The average molecular weight is 173 g/mol. The van der Waals surface area contributed by atoms with Gasteiger partial charge in [-0.1, -0.05) is 5.16 Å². The summed E-state index contributed by atoms with van der Waals surface area (Å²) in [4.78, 5) is 1.99. The van der Waals surface area contributed by atoms with E-state index in [-0.39, 0.29) is 18.0 Å². The summed E-state index contributed by atoms with van der Waals surface area (Å²) in [6.07, 6.45) is 0.502. The molecule has 1 saturated heterocycles. The van der Waals surface area contributed by atoms with E-state index in [2.05, 4.69) is 5.16 Å². The van der Waals surface area contributed by atoms with Crippen LogP contribution >= 0.6 is 0 Å². The van der Waals surface area contributed by atoms with E-state index < -0.39 is 0 Å². The highest BCUT2D eigenvalue weighted by molar-refractivity contribution is 5.84. The maximum Gasteiger partial charge on any atom is 0.156 e. The lowest BCUT2D eigenvalue weighted by Crippen LogP contribution is -2.41. The molecule has 5 nitrogen and oxygen atoms in total. The maximum absolute atomic E-state index is 9.22. The number of nitrogens with two attached hydrogens (primary N) is 1. The summed E-state index contributed by atoms with van der Waals surface area (Å²) < 4.78 is 0. The lowest BCUT2D eigenvalue weighted by Gasteiger charge is -2.21. The van der Waals surface area contributed by atoms with Crippen LogP contribution in [0.3, 0.4) is 0 Å². The van der Waals surface area contributed by atoms with Crippen molar-refractivity contribution in [3.8, 4) is 0 Å². The third-order valence-electron chi connectivity index (χ3n) is 2.29. The minimum Gasteiger partial charge on any atom is -0.409 e. The highest BCUT2D eigenvalue weighted by Gasteiger charge is 2.26. The zero-order chi connectivity index (χ0) is 9.14. The summed E-state index contributed by atoms with van der Waals surface area (Å²) in [5.74, 6) is 0.198. The number of nitrogens with zero attached hydrogens (tertiary/aromatic N) is 2. The maximum atomic E-state index is 9.22. The van der Waals surface area contributed by atoms with Gasteiger partial charge in [0, 0.05) is 13.1 Å². The predicted molar refractivity (Wildman–Crippen MR) is 45.1 cm³/mol. The van der Waals surface area contributed by atoms with E-state index in [0.717, 1.165) is 13.0 Å². The van der Waals surface area contributed by atoms with Crippen molar-refractivity contribution in [2.24, 2.45) is 10.9 Å². The van der Waals surface area contributed by atoms with Gasteiger partial charge in [-0.25, -0.2) is 0 Å². The molecule has 0 aromatic carbocycles. The van der Waals surface area contributed by atoms with Crippen LogP contribution in [-0.2, 0) is 0 Å². The van der Waals surface area contributed by atoms with Crippen LogP contribution in [0.1, 0.15) is 13.3 Å². The van der Waals surface area contributed by atoms with Crippen LogP contribution < -0.4 is 5.73 Å². The molecule has 1 heterocycles. The Balaban J connectivity index is 2.48. The van der Waals surface area contributed by atoms with Crippen molar-refractivity contribution in [3.63, 3.8) is 0 Å². The van der Waals surface area contributed by atoms with Gasteiger partial charge in [0.2, 0.25) is 0 Å².